The second-order valence-corrected chi connectivity index (χ2v) is 7.96. The number of hydrogen-bond donors (Lipinski definition) is 0. The standard InChI is InChI=1S/C20H24BClO3/c1-14-9-10-18(17(22)11-14)23-13-15-7-6-8-16(12-15)21-24-19(2,3)20(4,5)25-21/h6-12H,13H2,1-5H3. The Morgan fingerprint density at radius 2 is 1.68 bits per heavy atom. The minimum Gasteiger partial charge on any atom is -0.487 e. The van der Waals surface area contributed by atoms with Crippen LogP contribution in [0.3, 0.4) is 0 Å². The highest BCUT2D eigenvalue weighted by molar-refractivity contribution is 6.62. The molecule has 2 aromatic carbocycles. The molecule has 0 bridgehead atoms. The Balaban J connectivity index is 1.72. The average Bonchev–Trinajstić information content (AvgIpc) is 2.75. The van der Waals surface area contributed by atoms with Crippen LogP contribution >= 0.6 is 11.6 Å². The predicted octanol–water partition coefficient (Wildman–Crippen LogP) is 4.53. The molecule has 0 spiro atoms. The van der Waals surface area contributed by atoms with Crippen molar-refractivity contribution in [2.45, 2.75) is 52.4 Å². The fourth-order valence-corrected chi connectivity index (χ4v) is 2.98. The molecule has 0 unspecified atom stereocenters. The summed E-state index contributed by atoms with van der Waals surface area (Å²) in [5, 5.41) is 0.627. The maximum atomic E-state index is 6.23. The molecule has 2 aromatic rings. The molecule has 1 saturated heterocycles. The second kappa shape index (κ2) is 6.67. The van der Waals surface area contributed by atoms with Crippen LogP contribution in [-0.2, 0) is 15.9 Å². The summed E-state index contributed by atoms with van der Waals surface area (Å²) >= 11 is 6.23. The molecule has 0 N–H and O–H groups in total. The summed E-state index contributed by atoms with van der Waals surface area (Å²) in [6.07, 6.45) is 0. The van der Waals surface area contributed by atoms with E-state index >= 15 is 0 Å². The number of hydrogen-bond acceptors (Lipinski definition) is 3. The zero-order valence-corrected chi connectivity index (χ0v) is 16.2. The smallest absolute Gasteiger partial charge is 0.487 e. The first-order valence-corrected chi connectivity index (χ1v) is 8.89. The minimum absolute atomic E-state index is 0.348. The molecule has 0 radical (unpaired) electrons. The van der Waals surface area contributed by atoms with Crippen LogP contribution in [0.5, 0.6) is 5.75 Å². The Hall–Kier alpha value is -1.49. The lowest BCUT2D eigenvalue weighted by atomic mass is 9.78. The SMILES string of the molecule is Cc1ccc(OCc2cccc(B3OC(C)(C)C(C)(C)O3)c2)c(Cl)c1. The van der Waals surface area contributed by atoms with E-state index in [0.29, 0.717) is 17.4 Å². The Kier molecular flexibility index (Phi) is 4.89. The van der Waals surface area contributed by atoms with E-state index in [1.54, 1.807) is 0 Å². The van der Waals surface area contributed by atoms with Gasteiger partial charge in [0.25, 0.3) is 0 Å². The van der Waals surface area contributed by atoms with E-state index in [-0.39, 0.29) is 18.3 Å². The summed E-state index contributed by atoms with van der Waals surface area (Å²) in [5.41, 5.74) is 2.46. The summed E-state index contributed by atoms with van der Waals surface area (Å²) in [7, 11) is -0.368. The molecule has 0 aromatic heterocycles. The van der Waals surface area contributed by atoms with E-state index < -0.39 is 0 Å². The van der Waals surface area contributed by atoms with Gasteiger partial charge in [0.2, 0.25) is 0 Å². The monoisotopic (exact) mass is 358 g/mol. The van der Waals surface area contributed by atoms with E-state index in [9.17, 15) is 0 Å². The van der Waals surface area contributed by atoms with Crippen molar-refractivity contribution in [3.63, 3.8) is 0 Å². The molecule has 1 aliphatic rings. The first-order valence-electron chi connectivity index (χ1n) is 8.51. The summed E-state index contributed by atoms with van der Waals surface area (Å²) in [6.45, 7) is 10.7. The van der Waals surface area contributed by atoms with Crippen molar-refractivity contribution >= 4 is 24.2 Å². The van der Waals surface area contributed by atoms with Crippen molar-refractivity contribution in [3.05, 3.63) is 58.6 Å². The highest BCUT2D eigenvalue weighted by Crippen LogP contribution is 2.36. The van der Waals surface area contributed by atoms with Gasteiger partial charge in [0, 0.05) is 0 Å². The van der Waals surface area contributed by atoms with Gasteiger partial charge in [-0.3, -0.25) is 0 Å². The van der Waals surface area contributed by atoms with E-state index in [2.05, 4.69) is 33.8 Å². The average molecular weight is 359 g/mol. The van der Waals surface area contributed by atoms with Crippen LogP contribution in [0.1, 0.15) is 38.8 Å². The molecule has 1 aliphatic heterocycles. The normalized spacial score (nSPS) is 18.4. The van der Waals surface area contributed by atoms with Crippen LogP contribution in [0.25, 0.3) is 0 Å². The molecule has 0 atom stereocenters. The molecule has 0 aliphatic carbocycles. The lowest BCUT2D eigenvalue weighted by Gasteiger charge is -2.32. The van der Waals surface area contributed by atoms with Crippen molar-refractivity contribution in [2.24, 2.45) is 0 Å². The van der Waals surface area contributed by atoms with Gasteiger partial charge in [0.05, 0.1) is 16.2 Å². The lowest BCUT2D eigenvalue weighted by molar-refractivity contribution is 0.00578. The Labute approximate surface area is 155 Å². The number of aryl methyl sites for hydroxylation is 1. The van der Waals surface area contributed by atoms with Crippen molar-refractivity contribution in [1.29, 1.82) is 0 Å². The van der Waals surface area contributed by atoms with Crippen LogP contribution in [-0.4, -0.2) is 18.3 Å². The van der Waals surface area contributed by atoms with Crippen LogP contribution in [0.4, 0.5) is 0 Å². The first kappa shape index (κ1) is 18.3. The molecule has 0 amide bonds. The Morgan fingerprint density at radius 1 is 1.00 bits per heavy atom. The molecular weight excluding hydrogens is 334 g/mol. The maximum absolute atomic E-state index is 6.23. The molecular formula is C20H24BClO3. The fraction of sp³-hybridized carbons (Fsp3) is 0.400. The van der Waals surface area contributed by atoms with E-state index in [0.717, 1.165) is 16.6 Å². The van der Waals surface area contributed by atoms with Crippen LogP contribution in [0.2, 0.25) is 5.02 Å². The second-order valence-electron chi connectivity index (χ2n) is 7.56. The van der Waals surface area contributed by atoms with Gasteiger partial charge in [-0.15, -0.1) is 0 Å². The van der Waals surface area contributed by atoms with Gasteiger partial charge < -0.3 is 14.0 Å². The molecule has 5 heteroatoms. The predicted molar refractivity (Wildman–Crippen MR) is 103 cm³/mol. The van der Waals surface area contributed by atoms with Crippen molar-refractivity contribution in [3.8, 4) is 5.75 Å². The minimum atomic E-state index is -0.368. The molecule has 3 rings (SSSR count). The third-order valence-corrected chi connectivity index (χ3v) is 5.25. The maximum Gasteiger partial charge on any atom is 0.494 e. The number of rotatable bonds is 4. The quantitative estimate of drug-likeness (QED) is 0.752. The molecule has 1 fully saturated rings. The molecule has 3 nitrogen and oxygen atoms in total. The van der Waals surface area contributed by atoms with E-state index in [1.165, 1.54) is 0 Å². The largest absolute Gasteiger partial charge is 0.494 e. The summed E-state index contributed by atoms with van der Waals surface area (Å²) in [4.78, 5) is 0. The van der Waals surface area contributed by atoms with Gasteiger partial charge in [0.1, 0.15) is 12.4 Å². The van der Waals surface area contributed by atoms with Gasteiger partial charge in [-0.2, -0.15) is 0 Å². The number of ether oxygens (including phenoxy) is 1. The first-order chi connectivity index (χ1) is 11.7. The van der Waals surface area contributed by atoms with Gasteiger partial charge in [-0.05, 0) is 63.3 Å². The highest BCUT2D eigenvalue weighted by Gasteiger charge is 2.51. The number of benzene rings is 2. The molecule has 0 saturated carbocycles. The zero-order chi connectivity index (χ0) is 18.2. The summed E-state index contributed by atoms with van der Waals surface area (Å²) in [5.74, 6) is 0.688. The van der Waals surface area contributed by atoms with Gasteiger partial charge in [0.15, 0.2) is 0 Å². The summed E-state index contributed by atoms with van der Waals surface area (Å²) < 4.78 is 18.1. The van der Waals surface area contributed by atoms with Crippen molar-refractivity contribution in [1.82, 2.24) is 0 Å². The van der Waals surface area contributed by atoms with Gasteiger partial charge in [-0.25, -0.2) is 0 Å². The topological polar surface area (TPSA) is 27.7 Å². The fourth-order valence-electron chi connectivity index (χ4n) is 2.69. The lowest BCUT2D eigenvalue weighted by Crippen LogP contribution is -2.41. The van der Waals surface area contributed by atoms with Gasteiger partial charge in [-0.1, -0.05) is 41.9 Å². The van der Waals surface area contributed by atoms with Crippen LogP contribution in [0, 0.1) is 6.92 Å². The van der Waals surface area contributed by atoms with Crippen molar-refractivity contribution in [2.75, 3.05) is 0 Å². The molecule has 1 heterocycles. The van der Waals surface area contributed by atoms with Crippen LogP contribution < -0.4 is 10.2 Å². The van der Waals surface area contributed by atoms with E-state index in [1.807, 2.05) is 43.3 Å². The Morgan fingerprint density at radius 3 is 2.32 bits per heavy atom. The zero-order valence-electron chi connectivity index (χ0n) is 15.4. The third-order valence-electron chi connectivity index (χ3n) is 4.96. The molecule has 25 heavy (non-hydrogen) atoms. The number of halogens is 1. The highest BCUT2D eigenvalue weighted by atomic mass is 35.5. The molecule has 132 valence electrons. The van der Waals surface area contributed by atoms with E-state index in [4.69, 9.17) is 25.6 Å². The Bertz CT molecular complexity index is 757. The van der Waals surface area contributed by atoms with Crippen molar-refractivity contribution < 1.29 is 14.0 Å². The summed E-state index contributed by atoms with van der Waals surface area (Å²) in [6, 6.07) is 13.9. The third kappa shape index (κ3) is 3.86. The van der Waals surface area contributed by atoms with Crippen LogP contribution in [0.15, 0.2) is 42.5 Å². The van der Waals surface area contributed by atoms with Gasteiger partial charge >= 0.3 is 7.12 Å².